The topological polar surface area (TPSA) is 58.6 Å². The lowest BCUT2D eigenvalue weighted by molar-refractivity contribution is -0.137. The van der Waals surface area contributed by atoms with Crippen molar-refractivity contribution in [3.8, 4) is 11.5 Å². The van der Waals surface area contributed by atoms with Gasteiger partial charge in [-0.1, -0.05) is 11.6 Å². The molecule has 0 saturated heterocycles. The number of alkyl halides is 3. The second kappa shape index (κ2) is 4.86. The maximum atomic E-state index is 13.1. The second-order valence-electron chi connectivity index (χ2n) is 3.87. The van der Waals surface area contributed by atoms with E-state index >= 15 is 0 Å². The van der Waals surface area contributed by atoms with Crippen LogP contribution in [-0.2, 0) is 6.18 Å². The van der Waals surface area contributed by atoms with Crippen molar-refractivity contribution in [3.05, 3.63) is 44.7 Å². The highest BCUT2D eigenvalue weighted by Gasteiger charge is 2.31. The van der Waals surface area contributed by atoms with Gasteiger partial charge in [-0.2, -0.15) is 17.6 Å². The average Bonchev–Trinajstić information content (AvgIpc) is 2.34. The molecule has 0 unspecified atom stereocenters. The number of hydrogen-bond donors (Lipinski definition) is 1. The smallest absolute Gasteiger partial charge is 0.303 e. The summed E-state index contributed by atoms with van der Waals surface area (Å²) in [7, 11) is 0. The Morgan fingerprint density at radius 1 is 1.35 bits per heavy atom. The monoisotopic (exact) mass is 307 g/mol. The maximum Gasteiger partial charge on any atom is 0.417 e. The molecule has 9 heteroatoms. The minimum atomic E-state index is -4.59. The number of halogens is 5. The molecule has 0 spiro atoms. The zero-order valence-electron chi connectivity index (χ0n) is 9.85. The maximum absolute atomic E-state index is 13.1. The molecule has 0 atom stereocenters. The van der Waals surface area contributed by atoms with E-state index in [1.807, 2.05) is 0 Å². The van der Waals surface area contributed by atoms with E-state index in [1.165, 1.54) is 6.92 Å². The third-order valence-electron chi connectivity index (χ3n) is 2.42. The van der Waals surface area contributed by atoms with Gasteiger partial charge in [-0.25, -0.2) is 4.98 Å². The van der Waals surface area contributed by atoms with Gasteiger partial charge in [-0.15, -0.1) is 0 Å². The molecule has 0 fully saturated rings. The van der Waals surface area contributed by atoms with Crippen molar-refractivity contribution in [1.82, 2.24) is 15.0 Å². The van der Waals surface area contributed by atoms with Crippen LogP contribution in [0.25, 0.3) is 11.5 Å². The first-order chi connectivity index (χ1) is 9.20. The van der Waals surface area contributed by atoms with Crippen LogP contribution in [0.2, 0.25) is 5.02 Å². The van der Waals surface area contributed by atoms with Gasteiger partial charge in [0, 0.05) is 6.20 Å². The third kappa shape index (κ3) is 2.64. The van der Waals surface area contributed by atoms with Crippen LogP contribution in [0.3, 0.4) is 0 Å². The van der Waals surface area contributed by atoms with Crippen LogP contribution in [0.15, 0.2) is 17.1 Å². The number of nitrogens with zero attached hydrogens (tertiary/aromatic N) is 2. The molecule has 0 amide bonds. The van der Waals surface area contributed by atoms with Crippen LogP contribution >= 0.6 is 11.6 Å². The van der Waals surface area contributed by atoms with Crippen LogP contribution < -0.4 is 5.56 Å². The lowest BCUT2D eigenvalue weighted by Crippen LogP contribution is -2.16. The van der Waals surface area contributed by atoms with E-state index in [2.05, 4.69) is 15.0 Å². The van der Waals surface area contributed by atoms with E-state index in [1.54, 1.807) is 0 Å². The molecule has 20 heavy (non-hydrogen) atoms. The highest BCUT2D eigenvalue weighted by molar-refractivity contribution is 6.32. The minimum absolute atomic E-state index is 0.167. The van der Waals surface area contributed by atoms with Gasteiger partial charge in [0.05, 0.1) is 16.3 Å². The van der Waals surface area contributed by atoms with Crippen molar-refractivity contribution < 1.29 is 17.6 Å². The summed E-state index contributed by atoms with van der Waals surface area (Å²) in [5.74, 6) is -1.27. The molecule has 0 aliphatic carbocycles. The summed E-state index contributed by atoms with van der Waals surface area (Å²) in [5, 5.41) is -0.353. The normalized spacial score (nSPS) is 11.7. The molecule has 2 aromatic heterocycles. The highest BCUT2D eigenvalue weighted by atomic mass is 35.5. The van der Waals surface area contributed by atoms with Gasteiger partial charge in [0.25, 0.3) is 5.56 Å². The number of pyridine rings is 1. The van der Waals surface area contributed by atoms with Crippen LogP contribution in [0, 0.1) is 12.7 Å². The van der Waals surface area contributed by atoms with Crippen molar-refractivity contribution >= 4 is 11.6 Å². The Bertz CT molecular complexity index is 727. The summed E-state index contributed by atoms with van der Waals surface area (Å²) in [6.07, 6.45) is -4.03. The minimum Gasteiger partial charge on any atom is -0.303 e. The van der Waals surface area contributed by atoms with Crippen molar-refractivity contribution in [2.75, 3.05) is 0 Å². The van der Waals surface area contributed by atoms with Gasteiger partial charge < -0.3 is 4.98 Å². The summed E-state index contributed by atoms with van der Waals surface area (Å²) >= 11 is 5.70. The van der Waals surface area contributed by atoms with E-state index in [0.717, 1.165) is 0 Å². The van der Waals surface area contributed by atoms with E-state index < -0.39 is 23.1 Å². The predicted molar refractivity (Wildman–Crippen MR) is 62.8 cm³/mol. The van der Waals surface area contributed by atoms with Crippen molar-refractivity contribution in [2.45, 2.75) is 13.1 Å². The Kier molecular flexibility index (Phi) is 3.51. The zero-order valence-corrected chi connectivity index (χ0v) is 10.6. The number of aromatic amines is 1. The molecule has 2 aromatic rings. The van der Waals surface area contributed by atoms with Gasteiger partial charge in [-0.3, -0.25) is 9.78 Å². The van der Waals surface area contributed by atoms with Crippen molar-refractivity contribution in [3.63, 3.8) is 0 Å². The number of nitrogens with one attached hydrogen (secondary N) is 1. The summed E-state index contributed by atoms with van der Waals surface area (Å²) in [5.41, 5.74) is -2.46. The Balaban J connectivity index is 2.57. The van der Waals surface area contributed by atoms with Crippen LogP contribution in [0.1, 0.15) is 11.3 Å². The molecule has 0 aromatic carbocycles. The number of aromatic nitrogens is 3. The molecular formula is C11H6ClF4N3O. The molecule has 1 N–H and O–H groups in total. The van der Waals surface area contributed by atoms with Crippen molar-refractivity contribution in [1.29, 1.82) is 0 Å². The number of aryl methyl sites for hydroxylation is 1. The fraction of sp³-hybridized carbons (Fsp3) is 0.182. The first-order valence-electron chi connectivity index (χ1n) is 5.19. The molecule has 0 aliphatic heterocycles. The first kappa shape index (κ1) is 14.4. The molecule has 2 heterocycles. The molecule has 2 rings (SSSR count). The second-order valence-corrected chi connectivity index (χ2v) is 4.27. The summed E-state index contributed by atoms with van der Waals surface area (Å²) in [4.78, 5) is 20.5. The molecule has 106 valence electrons. The number of hydrogen-bond acceptors (Lipinski definition) is 3. The average molecular weight is 308 g/mol. The SMILES string of the molecule is Cc1nc(-c2ncc(C(F)(F)F)cc2Cl)[nH]c(=O)c1F. The lowest BCUT2D eigenvalue weighted by atomic mass is 10.2. The zero-order chi connectivity index (χ0) is 15.1. The first-order valence-corrected chi connectivity index (χ1v) is 5.57. The van der Waals surface area contributed by atoms with E-state index in [4.69, 9.17) is 11.6 Å². The summed E-state index contributed by atoms with van der Waals surface area (Å²) < 4.78 is 50.5. The van der Waals surface area contributed by atoms with E-state index in [-0.39, 0.29) is 22.2 Å². The quantitative estimate of drug-likeness (QED) is 0.824. The molecule has 0 aliphatic rings. The third-order valence-corrected chi connectivity index (χ3v) is 2.71. The molecule has 0 bridgehead atoms. The lowest BCUT2D eigenvalue weighted by Gasteiger charge is -2.09. The molecule has 0 saturated carbocycles. The number of rotatable bonds is 1. The van der Waals surface area contributed by atoms with Gasteiger partial charge in [-0.05, 0) is 13.0 Å². The van der Waals surface area contributed by atoms with Crippen LogP contribution in [-0.4, -0.2) is 15.0 Å². The Morgan fingerprint density at radius 2 is 2.00 bits per heavy atom. The summed E-state index contributed by atoms with van der Waals surface area (Å²) in [6.45, 7) is 1.24. The Hall–Kier alpha value is -1.96. The molecule has 0 radical (unpaired) electrons. The predicted octanol–water partition coefficient (Wildman–Crippen LogP) is 2.95. The fourth-order valence-corrected chi connectivity index (χ4v) is 1.71. The Morgan fingerprint density at radius 3 is 2.50 bits per heavy atom. The van der Waals surface area contributed by atoms with E-state index in [0.29, 0.717) is 12.3 Å². The van der Waals surface area contributed by atoms with Crippen LogP contribution in [0.5, 0.6) is 0 Å². The largest absolute Gasteiger partial charge is 0.417 e. The van der Waals surface area contributed by atoms with Crippen LogP contribution in [0.4, 0.5) is 17.6 Å². The molecule has 4 nitrogen and oxygen atoms in total. The Labute approximate surface area is 114 Å². The van der Waals surface area contributed by atoms with Crippen molar-refractivity contribution in [2.24, 2.45) is 0 Å². The van der Waals surface area contributed by atoms with Gasteiger partial charge in [0.15, 0.2) is 5.82 Å². The highest BCUT2D eigenvalue weighted by Crippen LogP contribution is 2.32. The number of H-pyrrole nitrogens is 1. The fourth-order valence-electron chi connectivity index (χ4n) is 1.45. The summed E-state index contributed by atoms with van der Waals surface area (Å²) in [6, 6.07) is 0.655. The van der Waals surface area contributed by atoms with Gasteiger partial charge >= 0.3 is 6.18 Å². The van der Waals surface area contributed by atoms with Gasteiger partial charge in [0.2, 0.25) is 5.82 Å². The molecular weight excluding hydrogens is 302 g/mol. The van der Waals surface area contributed by atoms with Gasteiger partial charge in [0.1, 0.15) is 5.69 Å². The van der Waals surface area contributed by atoms with E-state index in [9.17, 15) is 22.4 Å². The standard InChI is InChI=1S/C11H6ClF4N3O/c1-4-7(13)10(20)19-9(18-4)8-6(12)2-5(3-17-8)11(14,15)16/h2-3H,1H3,(H,18,19,20).